The van der Waals surface area contributed by atoms with Crippen LogP contribution in [0.3, 0.4) is 0 Å². The van der Waals surface area contributed by atoms with E-state index in [-0.39, 0.29) is 36.0 Å². The Bertz CT molecular complexity index is 733. The molecule has 0 saturated heterocycles. The number of hydrogen-bond donors (Lipinski definition) is 2. The van der Waals surface area contributed by atoms with Gasteiger partial charge in [0.25, 0.3) is 5.92 Å². The second-order valence-corrected chi connectivity index (χ2v) is 6.52. The SMILES string of the molecule is CC(CO)COc1ccc(C(F)(F)c2ccc(OCC(F)(F)CO)cc2)cc1. The molecule has 2 rings (SSSR count). The highest BCUT2D eigenvalue weighted by molar-refractivity contribution is 5.39. The van der Waals surface area contributed by atoms with Gasteiger partial charge in [-0.15, -0.1) is 0 Å². The van der Waals surface area contributed by atoms with E-state index in [1.807, 2.05) is 0 Å². The smallest absolute Gasteiger partial charge is 0.303 e. The first-order chi connectivity index (χ1) is 13.2. The third kappa shape index (κ3) is 5.84. The lowest BCUT2D eigenvalue weighted by Crippen LogP contribution is -2.29. The Hall–Kier alpha value is -2.32. The molecule has 0 bridgehead atoms. The average molecular weight is 402 g/mol. The van der Waals surface area contributed by atoms with Crippen molar-refractivity contribution in [1.82, 2.24) is 0 Å². The second kappa shape index (κ2) is 9.25. The fourth-order valence-electron chi connectivity index (χ4n) is 2.21. The molecule has 0 radical (unpaired) electrons. The van der Waals surface area contributed by atoms with Gasteiger partial charge in [0, 0.05) is 23.7 Å². The molecular formula is C20H22F4O4. The molecule has 1 atom stereocenters. The maximum Gasteiger partial charge on any atom is 0.303 e. The number of hydrogen-bond acceptors (Lipinski definition) is 4. The molecule has 0 saturated carbocycles. The number of ether oxygens (including phenoxy) is 2. The molecule has 0 aromatic heterocycles. The molecular weight excluding hydrogens is 380 g/mol. The van der Waals surface area contributed by atoms with Crippen LogP contribution < -0.4 is 9.47 Å². The quantitative estimate of drug-likeness (QED) is 0.593. The van der Waals surface area contributed by atoms with Gasteiger partial charge in [0.1, 0.15) is 18.1 Å². The number of halogens is 4. The Morgan fingerprint density at radius 1 is 0.821 bits per heavy atom. The predicted octanol–water partition coefficient (Wildman–Crippen LogP) is 3.84. The first-order valence-corrected chi connectivity index (χ1v) is 8.62. The molecule has 0 aliphatic carbocycles. The van der Waals surface area contributed by atoms with E-state index in [1.54, 1.807) is 6.92 Å². The summed E-state index contributed by atoms with van der Waals surface area (Å²) in [7, 11) is 0. The third-order valence-corrected chi connectivity index (χ3v) is 3.96. The zero-order valence-electron chi connectivity index (χ0n) is 15.2. The predicted molar refractivity (Wildman–Crippen MR) is 95.2 cm³/mol. The van der Waals surface area contributed by atoms with Gasteiger partial charge < -0.3 is 19.7 Å². The van der Waals surface area contributed by atoms with Gasteiger partial charge >= 0.3 is 5.92 Å². The Labute approximate surface area is 160 Å². The van der Waals surface area contributed by atoms with Gasteiger partial charge in [-0.2, -0.15) is 8.78 Å². The summed E-state index contributed by atoms with van der Waals surface area (Å²) in [6, 6.07) is 9.86. The molecule has 0 fully saturated rings. The van der Waals surface area contributed by atoms with E-state index in [9.17, 15) is 17.6 Å². The van der Waals surface area contributed by atoms with E-state index in [0.29, 0.717) is 5.75 Å². The first-order valence-electron chi connectivity index (χ1n) is 8.62. The maximum absolute atomic E-state index is 14.7. The Morgan fingerprint density at radius 3 is 1.71 bits per heavy atom. The summed E-state index contributed by atoms with van der Waals surface area (Å²) < 4.78 is 65.5. The zero-order chi connectivity index (χ0) is 20.8. The molecule has 2 N–H and O–H groups in total. The van der Waals surface area contributed by atoms with Crippen LogP contribution in [0.4, 0.5) is 17.6 Å². The average Bonchev–Trinajstić information content (AvgIpc) is 2.71. The van der Waals surface area contributed by atoms with Gasteiger partial charge in [0.15, 0.2) is 6.61 Å². The summed E-state index contributed by atoms with van der Waals surface area (Å²) in [5.41, 5.74) is -0.577. The summed E-state index contributed by atoms with van der Waals surface area (Å²) >= 11 is 0. The highest BCUT2D eigenvalue weighted by atomic mass is 19.3. The molecule has 154 valence electrons. The van der Waals surface area contributed by atoms with Crippen molar-refractivity contribution in [2.24, 2.45) is 5.92 Å². The van der Waals surface area contributed by atoms with Crippen molar-refractivity contribution in [3.05, 3.63) is 59.7 Å². The summed E-state index contributed by atoms with van der Waals surface area (Å²) in [5, 5.41) is 17.5. The number of alkyl halides is 4. The van der Waals surface area contributed by atoms with Crippen LogP contribution in [0.15, 0.2) is 48.5 Å². The number of benzene rings is 2. The van der Waals surface area contributed by atoms with Crippen LogP contribution >= 0.6 is 0 Å². The molecule has 1 unspecified atom stereocenters. The Kier molecular flexibility index (Phi) is 7.26. The first kappa shape index (κ1) is 22.0. The van der Waals surface area contributed by atoms with Gasteiger partial charge in [-0.3, -0.25) is 0 Å². The van der Waals surface area contributed by atoms with Crippen LogP contribution in [-0.4, -0.2) is 42.6 Å². The van der Waals surface area contributed by atoms with Gasteiger partial charge in [-0.1, -0.05) is 6.92 Å². The molecule has 0 aliphatic rings. The highest BCUT2D eigenvalue weighted by Gasteiger charge is 2.34. The van der Waals surface area contributed by atoms with Crippen molar-refractivity contribution >= 4 is 0 Å². The van der Waals surface area contributed by atoms with Gasteiger partial charge in [-0.25, -0.2) is 8.78 Å². The fourth-order valence-corrected chi connectivity index (χ4v) is 2.21. The van der Waals surface area contributed by atoms with Crippen molar-refractivity contribution < 1.29 is 37.2 Å². The fraction of sp³-hybridized carbons (Fsp3) is 0.400. The normalized spacial score (nSPS) is 13.2. The standard InChI is InChI=1S/C20H22F4O4/c1-14(10-25)11-27-17-6-2-15(3-7-17)20(23,24)16-4-8-18(9-5-16)28-13-19(21,22)12-26/h2-9,14,25-26H,10-13H2,1H3. The minimum Gasteiger partial charge on any atom is -0.493 e. The summed E-state index contributed by atoms with van der Waals surface area (Å²) in [6.07, 6.45) is 0. The van der Waals surface area contributed by atoms with Gasteiger partial charge in [0.2, 0.25) is 0 Å². The van der Waals surface area contributed by atoms with Crippen LogP contribution in [-0.2, 0) is 5.92 Å². The molecule has 8 heteroatoms. The minimum atomic E-state index is -3.40. The highest BCUT2D eigenvalue weighted by Crippen LogP contribution is 2.37. The molecule has 2 aromatic rings. The largest absolute Gasteiger partial charge is 0.493 e. The van der Waals surface area contributed by atoms with Gasteiger partial charge in [-0.05, 0) is 48.5 Å². The molecule has 0 spiro atoms. The molecule has 0 amide bonds. The van der Waals surface area contributed by atoms with Crippen molar-refractivity contribution in [1.29, 1.82) is 0 Å². The number of aliphatic hydroxyl groups excluding tert-OH is 2. The van der Waals surface area contributed by atoms with Crippen LogP contribution in [0.25, 0.3) is 0 Å². The maximum atomic E-state index is 14.7. The lowest BCUT2D eigenvalue weighted by molar-refractivity contribution is -0.0801. The Balaban J connectivity index is 2.05. The van der Waals surface area contributed by atoms with Crippen molar-refractivity contribution in [2.45, 2.75) is 18.8 Å². The van der Waals surface area contributed by atoms with E-state index >= 15 is 0 Å². The molecule has 0 heterocycles. The van der Waals surface area contributed by atoms with Crippen molar-refractivity contribution in [2.75, 3.05) is 26.4 Å². The lowest BCUT2D eigenvalue weighted by atomic mass is 10.0. The van der Waals surface area contributed by atoms with Crippen molar-refractivity contribution in [3.63, 3.8) is 0 Å². The molecule has 2 aromatic carbocycles. The van der Waals surface area contributed by atoms with Crippen LogP contribution in [0, 0.1) is 5.92 Å². The van der Waals surface area contributed by atoms with Crippen molar-refractivity contribution in [3.8, 4) is 11.5 Å². The van der Waals surface area contributed by atoms with Crippen LogP contribution in [0.2, 0.25) is 0 Å². The van der Waals surface area contributed by atoms with E-state index in [4.69, 9.17) is 19.7 Å². The Morgan fingerprint density at radius 2 is 1.29 bits per heavy atom. The molecule has 28 heavy (non-hydrogen) atoms. The minimum absolute atomic E-state index is 0.00516. The summed E-state index contributed by atoms with van der Waals surface area (Å²) in [6.45, 7) is -0.380. The molecule has 0 aliphatic heterocycles. The van der Waals surface area contributed by atoms with Gasteiger partial charge in [0.05, 0.1) is 6.61 Å². The zero-order valence-corrected chi connectivity index (χ0v) is 15.2. The lowest BCUT2D eigenvalue weighted by Gasteiger charge is -2.19. The second-order valence-electron chi connectivity index (χ2n) is 6.52. The summed E-state index contributed by atoms with van der Waals surface area (Å²) in [5.74, 6) is -6.37. The monoisotopic (exact) mass is 402 g/mol. The van der Waals surface area contributed by atoms with E-state index in [2.05, 4.69) is 0 Å². The van der Waals surface area contributed by atoms with E-state index in [0.717, 1.165) is 12.1 Å². The van der Waals surface area contributed by atoms with E-state index < -0.39 is 25.1 Å². The third-order valence-electron chi connectivity index (χ3n) is 3.96. The number of aliphatic hydroxyl groups is 2. The summed E-state index contributed by atoms with van der Waals surface area (Å²) in [4.78, 5) is 0. The van der Waals surface area contributed by atoms with Crippen LogP contribution in [0.5, 0.6) is 11.5 Å². The molecule has 4 nitrogen and oxygen atoms in total. The topological polar surface area (TPSA) is 58.9 Å². The van der Waals surface area contributed by atoms with Crippen LogP contribution in [0.1, 0.15) is 18.1 Å². The number of rotatable bonds is 10. The van der Waals surface area contributed by atoms with E-state index in [1.165, 1.54) is 36.4 Å².